The Morgan fingerprint density at radius 2 is 2.15 bits per heavy atom. The first-order chi connectivity index (χ1) is 12.6. The molecule has 0 unspecified atom stereocenters. The third-order valence-corrected chi connectivity index (χ3v) is 5.66. The van der Waals surface area contributed by atoms with Crippen LogP contribution in [0, 0.1) is 13.8 Å². The van der Waals surface area contributed by atoms with Crippen LogP contribution in [-0.2, 0) is 11.3 Å². The minimum absolute atomic E-state index is 0.135. The Morgan fingerprint density at radius 3 is 2.96 bits per heavy atom. The van der Waals surface area contributed by atoms with Gasteiger partial charge in [0, 0.05) is 36.1 Å². The van der Waals surface area contributed by atoms with Crippen LogP contribution in [0.1, 0.15) is 27.3 Å². The number of anilines is 1. The molecule has 1 aliphatic rings. The van der Waals surface area contributed by atoms with Crippen LogP contribution in [0.4, 0.5) is 5.13 Å². The SMILES string of the molecule is Cc1[nH]c2c(C(=O)Nc3nc(CN4CCOCC4)cs3)cccc2c1C. The van der Waals surface area contributed by atoms with Crippen molar-refractivity contribution in [2.24, 2.45) is 0 Å². The molecule has 1 aliphatic heterocycles. The lowest BCUT2D eigenvalue weighted by Gasteiger charge is -2.25. The van der Waals surface area contributed by atoms with Gasteiger partial charge in [-0.05, 0) is 25.5 Å². The van der Waals surface area contributed by atoms with Crippen LogP contribution >= 0.6 is 11.3 Å². The van der Waals surface area contributed by atoms with Gasteiger partial charge in [-0.2, -0.15) is 0 Å². The number of rotatable bonds is 4. The number of aromatic nitrogens is 2. The second-order valence-corrected chi connectivity index (χ2v) is 7.45. The van der Waals surface area contributed by atoms with Crippen molar-refractivity contribution in [1.29, 1.82) is 0 Å². The van der Waals surface area contributed by atoms with Crippen molar-refractivity contribution in [2.75, 3.05) is 31.6 Å². The Bertz CT molecular complexity index is 940. The van der Waals surface area contributed by atoms with Crippen molar-refractivity contribution in [2.45, 2.75) is 20.4 Å². The number of thiazole rings is 1. The quantitative estimate of drug-likeness (QED) is 0.739. The summed E-state index contributed by atoms with van der Waals surface area (Å²) in [5, 5.41) is 6.67. The van der Waals surface area contributed by atoms with Crippen LogP contribution in [0.2, 0.25) is 0 Å². The van der Waals surface area contributed by atoms with Crippen molar-refractivity contribution in [3.8, 4) is 0 Å². The fourth-order valence-corrected chi connectivity index (χ4v) is 3.96. The average Bonchev–Trinajstić information content (AvgIpc) is 3.20. The number of carbonyl (C=O) groups is 1. The maximum absolute atomic E-state index is 12.8. The number of amides is 1. The zero-order valence-electron chi connectivity index (χ0n) is 15.0. The van der Waals surface area contributed by atoms with E-state index >= 15 is 0 Å². The molecule has 0 bridgehead atoms. The number of fused-ring (bicyclic) bond motifs is 1. The van der Waals surface area contributed by atoms with Crippen molar-refractivity contribution in [1.82, 2.24) is 14.9 Å². The first-order valence-corrected chi connectivity index (χ1v) is 9.63. The number of ether oxygens (including phenoxy) is 1. The van der Waals surface area contributed by atoms with E-state index in [-0.39, 0.29) is 5.91 Å². The summed E-state index contributed by atoms with van der Waals surface area (Å²) in [6.45, 7) is 8.27. The van der Waals surface area contributed by atoms with Gasteiger partial charge in [0.25, 0.3) is 5.91 Å². The van der Waals surface area contributed by atoms with Gasteiger partial charge < -0.3 is 9.72 Å². The van der Waals surface area contributed by atoms with Crippen molar-refractivity contribution < 1.29 is 9.53 Å². The number of H-pyrrole nitrogens is 1. The van der Waals surface area contributed by atoms with Crippen LogP contribution in [-0.4, -0.2) is 47.1 Å². The van der Waals surface area contributed by atoms with Crippen molar-refractivity contribution in [3.05, 3.63) is 46.1 Å². The van der Waals surface area contributed by atoms with E-state index in [1.807, 2.05) is 30.5 Å². The van der Waals surface area contributed by atoms with Gasteiger partial charge in [0.2, 0.25) is 0 Å². The molecule has 3 heterocycles. The molecule has 1 fully saturated rings. The van der Waals surface area contributed by atoms with Gasteiger partial charge in [0.05, 0.1) is 30.0 Å². The van der Waals surface area contributed by atoms with E-state index in [2.05, 4.69) is 27.1 Å². The molecule has 2 aromatic heterocycles. The van der Waals surface area contributed by atoms with Gasteiger partial charge >= 0.3 is 0 Å². The van der Waals surface area contributed by atoms with Crippen LogP contribution in [0.15, 0.2) is 23.6 Å². The molecular weight excluding hydrogens is 348 g/mol. The number of nitrogens with one attached hydrogen (secondary N) is 2. The number of aryl methyl sites for hydroxylation is 2. The number of morpholine rings is 1. The van der Waals surface area contributed by atoms with Gasteiger partial charge in [-0.15, -0.1) is 11.3 Å². The molecule has 1 saturated heterocycles. The predicted octanol–water partition coefficient (Wildman–Crippen LogP) is 3.33. The topological polar surface area (TPSA) is 70.2 Å². The monoisotopic (exact) mass is 370 g/mol. The van der Waals surface area contributed by atoms with E-state index in [1.165, 1.54) is 16.9 Å². The van der Waals surface area contributed by atoms with E-state index < -0.39 is 0 Å². The molecule has 4 rings (SSSR count). The van der Waals surface area contributed by atoms with Crippen LogP contribution in [0.3, 0.4) is 0 Å². The lowest BCUT2D eigenvalue weighted by Crippen LogP contribution is -2.35. The summed E-state index contributed by atoms with van der Waals surface area (Å²) in [6.07, 6.45) is 0. The minimum Gasteiger partial charge on any atom is -0.379 e. The smallest absolute Gasteiger partial charge is 0.259 e. The van der Waals surface area contributed by atoms with E-state index in [0.29, 0.717) is 10.7 Å². The van der Waals surface area contributed by atoms with Gasteiger partial charge in [0.1, 0.15) is 0 Å². The average molecular weight is 370 g/mol. The fraction of sp³-hybridized carbons (Fsp3) is 0.368. The molecule has 3 aromatic rings. The van der Waals surface area contributed by atoms with Crippen LogP contribution in [0.25, 0.3) is 10.9 Å². The van der Waals surface area contributed by atoms with Crippen LogP contribution < -0.4 is 5.32 Å². The van der Waals surface area contributed by atoms with Crippen molar-refractivity contribution in [3.63, 3.8) is 0 Å². The van der Waals surface area contributed by atoms with Gasteiger partial charge in [-0.25, -0.2) is 4.98 Å². The van der Waals surface area contributed by atoms with Gasteiger partial charge in [-0.3, -0.25) is 15.0 Å². The van der Waals surface area contributed by atoms with E-state index in [9.17, 15) is 4.79 Å². The molecule has 0 radical (unpaired) electrons. The zero-order valence-corrected chi connectivity index (χ0v) is 15.8. The summed E-state index contributed by atoms with van der Waals surface area (Å²) in [7, 11) is 0. The van der Waals surface area contributed by atoms with Gasteiger partial charge in [-0.1, -0.05) is 12.1 Å². The highest BCUT2D eigenvalue weighted by Gasteiger charge is 2.16. The maximum Gasteiger partial charge on any atom is 0.259 e. The molecule has 1 aromatic carbocycles. The number of para-hydroxylation sites is 1. The highest BCUT2D eigenvalue weighted by Crippen LogP contribution is 2.25. The largest absolute Gasteiger partial charge is 0.379 e. The highest BCUT2D eigenvalue weighted by atomic mass is 32.1. The number of benzene rings is 1. The predicted molar refractivity (Wildman–Crippen MR) is 104 cm³/mol. The molecule has 0 saturated carbocycles. The van der Waals surface area contributed by atoms with E-state index in [4.69, 9.17) is 4.74 Å². The number of hydrogen-bond donors (Lipinski definition) is 2. The van der Waals surface area contributed by atoms with Crippen LogP contribution in [0.5, 0.6) is 0 Å². The summed E-state index contributed by atoms with van der Waals surface area (Å²) in [6, 6.07) is 5.80. The Hall–Kier alpha value is -2.22. The molecule has 0 atom stereocenters. The molecule has 136 valence electrons. The summed E-state index contributed by atoms with van der Waals surface area (Å²) in [5.74, 6) is -0.135. The minimum atomic E-state index is -0.135. The zero-order chi connectivity index (χ0) is 18.1. The Morgan fingerprint density at radius 1 is 1.35 bits per heavy atom. The summed E-state index contributed by atoms with van der Waals surface area (Å²) in [4.78, 5) is 23.0. The van der Waals surface area contributed by atoms with E-state index in [0.717, 1.165) is 55.1 Å². The normalized spacial score (nSPS) is 15.5. The molecule has 0 aliphatic carbocycles. The Balaban J connectivity index is 1.49. The molecule has 1 amide bonds. The van der Waals surface area contributed by atoms with E-state index in [1.54, 1.807) is 0 Å². The standard InChI is InChI=1S/C19H22N4O2S/c1-12-13(2)20-17-15(12)4-3-5-16(17)18(24)22-19-21-14(11-26-19)10-23-6-8-25-9-7-23/h3-5,11,20H,6-10H2,1-2H3,(H,21,22,24). The molecule has 0 spiro atoms. The van der Waals surface area contributed by atoms with Crippen molar-refractivity contribution >= 4 is 33.3 Å². The third kappa shape index (κ3) is 3.38. The number of nitrogens with zero attached hydrogens (tertiary/aromatic N) is 2. The first-order valence-electron chi connectivity index (χ1n) is 8.75. The lowest BCUT2D eigenvalue weighted by molar-refractivity contribution is 0.0337. The number of aromatic amines is 1. The number of hydrogen-bond acceptors (Lipinski definition) is 5. The lowest BCUT2D eigenvalue weighted by atomic mass is 10.1. The molecule has 26 heavy (non-hydrogen) atoms. The molecule has 6 nitrogen and oxygen atoms in total. The summed E-state index contributed by atoms with van der Waals surface area (Å²) >= 11 is 1.46. The highest BCUT2D eigenvalue weighted by molar-refractivity contribution is 7.14. The second-order valence-electron chi connectivity index (χ2n) is 6.59. The maximum atomic E-state index is 12.8. The molecule has 7 heteroatoms. The second kappa shape index (κ2) is 7.19. The first kappa shape index (κ1) is 17.2. The summed E-state index contributed by atoms with van der Waals surface area (Å²) < 4.78 is 5.37. The Kier molecular flexibility index (Phi) is 4.76. The third-order valence-electron chi connectivity index (χ3n) is 4.85. The fourth-order valence-electron chi connectivity index (χ4n) is 3.26. The molecule has 2 N–H and O–H groups in total. The summed E-state index contributed by atoms with van der Waals surface area (Å²) in [5.41, 5.74) is 4.77. The van der Waals surface area contributed by atoms with Gasteiger partial charge in [0.15, 0.2) is 5.13 Å². The number of carbonyl (C=O) groups excluding carboxylic acids is 1. The Labute approximate surface area is 156 Å². The molecular formula is C19H22N4O2S.